The molecule has 2 saturated heterocycles. The van der Waals surface area contributed by atoms with Crippen molar-refractivity contribution in [1.82, 2.24) is 4.98 Å². The highest BCUT2D eigenvalue weighted by Crippen LogP contribution is 2.40. The smallest absolute Gasteiger partial charge is 0.137 e. The molecule has 2 aromatic rings. The zero-order chi connectivity index (χ0) is 13.7. The molecule has 2 bridgehead atoms. The van der Waals surface area contributed by atoms with E-state index < -0.39 is 0 Å². The monoisotopic (exact) mass is 266 g/mol. The van der Waals surface area contributed by atoms with Gasteiger partial charge in [0.25, 0.3) is 0 Å². The number of carbonyl (C=O) groups is 1. The molecule has 3 heteroatoms. The molecule has 2 atom stereocenters. The quantitative estimate of drug-likeness (QED) is 0.794. The molecule has 0 spiro atoms. The predicted molar refractivity (Wildman–Crippen MR) is 80.0 cm³/mol. The number of Topliss-reactive ketones (excluding diaryl/α,β-unsaturated/α-hetero) is 1. The third-order valence-electron chi connectivity index (χ3n) is 4.66. The van der Waals surface area contributed by atoms with Crippen molar-refractivity contribution in [2.75, 3.05) is 4.90 Å². The molecule has 2 fully saturated rings. The maximum absolute atomic E-state index is 11.8. The van der Waals surface area contributed by atoms with Crippen LogP contribution in [0.1, 0.15) is 31.4 Å². The van der Waals surface area contributed by atoms with Gasteiger partial charge >= 0.3 is 0 Å². The summed E-state index contributed by atoms with van der Waals surface area (Å²) in [6.07, 6.45) is 3.69. The van der Waals surface area contributed by atoms with Gasteiger partial charge < -0.3 is 4.90 Å². The van der Waals surface area contributed by atoms with Crippen LogP contribution in [0.15, 0.2) is 30.3 Å². The summed E-state index contributed by atoms with van der Waals surface area (Å²) in [4.78, 5) is 19.0. The molecule has 0 amide bonds. The molecule has 0 aliphatic carbocycles. The molecule has 20 heavy (non-hydrogen) atoms. The van der Waals surface area contributed by atoms with Crippen molar-refractivity contribution < 1.29 is 4.79 Å². The highest BCUT2D eigenvalue weighted by Gasteiger charge is 2.40. The van der Waals surface area contributed by atoms with E-state index in [1.54, 1.807) is 0 Å². The number of piperidine rings is 1. The Balaban J connectivity index is 1.86. The van der Waals surface area contributed by atoms with Crippen molar-refractivity contribution in [2.45, 2.75) is 44.7 Å². The molecule has 0 radical (unpaired) electrons. The minimum absolute atomic E-state index is 0.383. The summed E-state index contributed by atoms with van der Waals surface area (Å²) in [5.74, 6) is 0.429. The van der Waals surface area contributed by atoms with Gasteiger partial charge in [0.1, 0.15) is 5.78 Å². The van der Waals surface area contributed by atoms with Crippen molar-refractivity contribution in [3.8, 4) is 0 Å². The van der Waals surface area contributed by atoms with Crippen LogP contribution < -0.4 is 4.90 Å². The third kappa shape index (κ3) is 1.73. The fraction of sp³-hybridized carbons (Fsp3) is 0.412. The van der Waals surface area contributed by atoms with Crippen molar-refractivity contribution in [3.63, 3.8) is 0 Å². The molecule has 3 heterocycles. The van der Waals surface area contributed by atoms with E-state index >= 15 is 0 Å². The minimum atomic E-state index is 0.383. The van der Waals surface area contributed by atoms with Gasteiger partial charge in [0.05, 0.1) is 11.2 Å². The molecule has 0 saturated carbocycles. The van der Waals surface area contributed by atoms with Gasteiger partial charge in [-0.2, -0.15) is 0 Å². The molecule has 102 valence electrons. The van der Waals surface area contributed by atoms with E-state index in [9.17, 15) is 4.79 Å². The van der Waals surface area contributed by atoms with Gasteiger partial charge in [-0.15, -0.1) is 0 Å². The van der Waals surface area contributed by atoms with Crippen molar-refractivity contribution >= 4 is 22.4 Å². The van der Waals surface area contributed by atoms with Gasteiger partial charge in [0, 0.05) is 36.0 Å². The summed E-state index contributed by atoms with van der Waals surface area (Å²) in [5.41, 5.74) is 3.34. The lowest BCUT2D eigenvalue weighted by atomic mass is 9.99. The molecular formula is C17H18N2O. The Kier molecular flexibility index (Phi) is 2.56. The van der Waals surface area contributed by atoms with Gasteiger partial charge in [0.15, 0.2) is 0 Å². The summed E-state index contributed by atoms with van der Waals surface area (Å²) >= 11 is 0. The van der Waals surface area contributed by atoms with E-state index in [0.29, 0.717) is 30.7 Å². The van der Waals surface area contributed by atoms with E-state index in [1.807, 2.05) is 6.92 Å². The SMILES string of the molecule is Cc1ccc2cccc(N3C4CCC3CC(=O)C4)c2n1. The van der Waals surface area contributed by atoms with E-state index in [2.05, 4.69) is 35.2 Å². The highest BCUT2D eigenvalue weighted by atomic mass is 16.1. The number of pyridine rings is 1. The highest BCUT2D eigenvalue weighted by molar-refractivity contribution is 5.93. The first-order valence-corrected chi connectivity index (χ1v) is 7.39. The standard InChI is InChI=1S/C17H18N2O/c1-11-5-6-12-3-2-4-16(17(12)18-11)19-13-7-8-14(19)10-15(20)9-13/h2-6,13-14H,7-10H2,1H3. The number of carbonyl (C=O) groups excluding carboxylic acids is 1. The number of fused-ring (bicyclic) bond motifs is 3. The van der Waals surface area contributed by atoms with Gasteiger partial charge in [-0.25, -0.2) is 0 Å². The molecule has 2 aliphatic heterocycles. The number of anilines is 1. The lowest BCUT2D eigenvalue weighted by Crippen LogP contribution is -2.43. The molecule has 1 aromatic carbocycles. The first kappa shape index (κ1) is 11.9. The summed E-state index contributed by atoms with van der Waals surface area (Å²) < 4.78 is 0. The fourth-order valence-corrected chi connectivity index (χ4v) is 3.80. The summed E-state index contributed by atoms with van der Waals surface area (Å²) in [5, 5.41) is 1.18. The number of hydrogen-bond acceptors (Lipinski definition) is 3. The summed E-state index contributed by atoms with van der Waals surface area (Å²) in [6.45, 7) is 2.03. The zero-order valence-electron chi connectivity index (χ0n) is 11.7. The van der Waals surface area contributed by atoms with Crippen molar-refractivity contribution in [2.24, 2.45) is 0 Å². The first-order valence-electron chi connectivity index (χ1n) is 7.39. The van der Waals surface area contributed by atoms with Crippen LogP contribution in [0, 0.1) is 6.92 Å². The molecule has 1 aromatic heterocycles. The molecule has 3 nitrogen and oxygen atoms in total. The van der Waals surface area contributed by atoms with Crippen LogP contribution in [-0.2, 0) is 4.79 Å². The Hall–Kier alpha value is -1.90. The van der Waals surface area contributed by atoms with Gasteiger partial charge in [-0.05, 0) is 31.9 Å². The molecule has 4 rings (SSSR count). The van der Waals surface area contributed by atoms with E-state index in [4.69, 9.17) is 4.98 Å². The Morgan fingerprint density at radius 1 is 1.10 bits per heavy atom. The van der Waals surface area contributed by atoms with Gasteiger partial charge in [0.2, 0.25) is 0 Å². The largest absolute Gasteiger partial charge is 0.363 e. The predicted octanol–water partition coefficient (Wildman–Crippen LogP) is 3.24. The van der Waals surface area contributed by atoms with Gasteiger partial charge in [-0.3, -0.25) is 9.78 Å². The van der Waals surface area contributed by atoms with E-state index in [-0.39, 0.29) is 0 Å². The van der Waals surface area contributed by atoms with Crippen molar-refractivity contribution in [3.05, 3.63) is 36.0 Å². The van der Waals surface area contributed by atoms with Crippen LogP contribution in [-0.4, -0.2) is 22.9 Å². The topological polar surface area (TPSA) is 33.2 Å². The molecular weight excluding hydrogens is 248 g/mol. The molecule has 2 aliphatic rings. The van der Waals surface area contributed by atoms with Crippen LogP contribution >= 0.6 is 0 Å². The second-order valence-electron chi connectivity index (χ2n) is 6.04. The Bertz CT molecular complexity index is 678. The number of benzene rings is 1. The van der Waals surface area contributed by atoms with Crippen LogP contribution in [0.4, 0.5) is 5.69 Å². The summed E-state index contributed by atoms with van der Waals surface area (Å²) in [6, 6.07) is 11.3. The zero-order valence-corrected chi connectivity index (χ0v) is 11.7. The Labute approximate surface area is 118 Å². The van der Waals surface area contributed by atoms with Crippen LogP contribution in [0.25, 0.3) is 10.9 Å². The van der Waals surface area contributed by atoms with Crippen LogP contribution in [0.3, 0.4) is 0 Å². The number of aryl methyl sites for hydroxylation is 1. The summed E-state index contributed by atoms with van der Waals surface area (Å²) in [7, 11) is 0. The van der Waals surface area contributed by atoms with Crippen LogP contribution in [0.5, 0.6) is 0 Å². The molecule has 0 N–H and O–H groups in total. The average molecular weight is 266 g/mol. The maximum Gasteiger partial charge on any atom is 0.137 e. The fourth-order valence-electron chi connectivity index (χ4n) is 3.80. The third-order valence-corrected chi connectivity index (χ3v) is 4.66. The normalized spacial score (nSPS) is 25.4. The van der Waals surface area contributed by atoms with Gasteiger partial charge in [-0.1, -0.05) is 18.2 Å². The minimum Gasteiger partial charge on any atom is -0.363 e. The Morgan fingerprint density at radius 3 is 2.60 bits per heavy atom. The average Bonchev–Trinajstić information content (AvgIpc) is 2.70. The number of rotatable bonds is 1. The second-order valence-corrected chi connectivity index (χ2v) is 6.04. The second kappa shape index (κ2) is 4.30. The van der Waals surface area contributed by atoms with Crippen molar-refractivity contribution in [1.29, 1.82) is 0 Å². The van der Waals surface area contributed by atoms with E-state index in [1.165, 1.54) is 11.1 Å². The maximum atomic E-state index is 11.8. The Morgan fingerprint density at radius 2 is 1.85 bits per heavy atom. The number of ketones is 1. The number of para-hydroxylation sites is 1. The molecule has 2 unspecified atom stereocenters. The first-order chi connectivity index (χ1) is 9.72. The number of hydrogen-bond donors (Lipinski definition) is 0. The van der Waals surface area contributed by atoms with Crippen LogP contribution in [0.2, 0.25) is 0 Å². The number of aromatic nitrogens is 1. The number of nitrogens with zero attached hydrogens (tertiary/aromatic N) is 2. The van der Waals surface area contributed by atoms with E-state index in [0.717, 1.165) is 24.1 Å². The lowest BCUT2D eigenvalue weighted by molar-refractivity contribution is -0.120. The lowest BCUT2D eigenvalue weighted by Gasteiger charge is -2.36.